The number of carbonyl (C=O) groups is 1. The van der Waals surface area contributed by atoms with E-state index >= 15 is 0 Å². The van der Waals surface area contributed by atoms with Crippen molar-refractivity contribution in [3.05, 3.63) is 0 Å². The van der Waals surface area contributed by atoms with Crippen molar-refractivity contribution in [1.29, 1.82) is 0 Å². The van der Waals surface area contributed by atoms with E-state index in [1.54, 1.807) is 0 Å². The molecule has 2 unspecified atom stereocenters. The Morgan fingerprint density at radius 2 is 2.31 bits per heavy atom. The topological polar surface area (TPSA) is 72.3 Å². The molecule has 1 heterocycles. The fourth-order valence-electron chi connectivity index (χ4n) is 2.01. The van der Waals surface area contributed by atoms with Gasteiger partial charge in [0.05, 0.1) is 6.54 Å². The predicted octanol–water partition coefficient (Wildman–Crippen LogP) is -0.327. The molecule has 0 aromatic heterocycles. The summed E-state index contributed by atoms with van der Waals surface area (Å²) in [5.41, 5.74) is 11.0. The minimum Gasteiger partial charge on any atom is -0.369 e. The Morgan fingerprint density at radius 3 is 2.85 bits per heavy atom. The van der Waals surface area contributed by atoms with Crippen LogP contribution in [0.5, 0.6) is 0 Å². The molecule has 1 rings (SSSR count). The van der Waals surface area contributed by atoms with Crippen LogP contribution in [0.25, 0.3) is 0 Å². The smallest absolute Gasteiger partial charge is 0.231 e. The summed E-state index contributed by atoms with van der Waals surface area (Å²) in [5, 5.41) is 0. The SMILES string of the molecule is CC(N)C1CCCCN1CC(N)=O. The second kappa shape index (κ2) is 4.58. The number of likely N-dealkylation sites (tertiary alicyclic amines) is 1. The van der Waals surface area contributed by atoms with Gasteiger partial charge in [-0.2, -0.15) is 0 Å². The second-order valence-corrected chi connectivity index (χ2v) is 3.86. The molecule has 2 atom stereocenters. The van der Waals surface area contributed by atoms with E-state index < -0.39 is 0 Å². The fourth-order valence-corrected chi connectivity index (χ4v) is 2.01. The second-order valence-electron chi connectivity index (χ2n) is 3.86. The summed E-state index contributed by atoms with van der Waals surface area (Å²) in [6.07, 6.45) is 3.45. The first-order valence-corrected chi connectivity index (χ1v) is 4.89. The molecule has 1 fully saturated rings. The number of rotatable bonds is 3. The molecule has 1 amide bonds. The minimum atomic E-state index is -0.257. The van der Waals surface area contributed by atoms with Crippen molar-refractivity contribution in [2.24, 2.45) is 11.5 Å². The van der Waals surface area contributed by atoms with E-state index in [4.69, 9.17) is 11.5 Å². The molecule has 0 saturated carbocycles. The highest BCUT2D eigenvalue weighted by atomic mass is 16.1. The highest BCUT2D eigenvalue weighted by Crippen LogP contribution is 2.18. The highest BCUT2D eigenvalue weighted by Gasteiger charge is 2.25. The van der Waals surface area contributed by atoms with Crippen LogP contribution >= 0.6 is 0 Å². The van der Waals surface area contributed by atoms with Crippen LogP contribution in [-0.2, 0) is 4.79 Å². The molecule has 0 spiro atoms. The highest BCUT2D eigenvalue weighted by molar-refractivity contribution is 5.76. The van der Waals surface area contributed by atoms with Gasteiger partial charge in [0.15, 0.2) is 0 Å². The minimum absolute atomic E-state index is 0.125. The largest absolute Gasteiger partial charge is 0.369 e. The monoisotopic (exact) mass is 185 g/mol. The molecule has 13 heavy (non-hydrogen) atoms. The lowest BCUT2D eigenvalue weighted by Crippen LogP contribution is -2.51. The average Bonchev–Trinajstić information content (AvgIpc) is 2.03. The zero-order valence-corrected chi connectivity index (χ0v) is 8.20. The van der Waals surface area contributed by atoms with Gasteiger partial charge in [-0.1, -0.05) is 6.42 Å². The molecule has 76 valence electrons. The summed E-state index contributed by atoms with van der Waals surface area (Å²) in [6.45, 7) is 3.30. The molecule has 4 heteroatoms. The van der Waals surface area contributed by atoms with Crippen LogP contribution in [0.3, 0.4) is 0 Å². The summed E-state index contributed by atoms with van der Waals surface area (Å²) >= 11 is 0. The van der Waals surface area contributed by atoms with Crippen LogP contribution in [0.2, 0.25) is 0 Å². The number of nitrogens with zero attached hydrogens (tertiary/aromatic N) is 1. The van der Waals surface area contributed by atoms with Gasteiger partial charge in [0.2, 0.25) is 5.91 Å². The Kier molecular flexibility index (Phi) is 3.69. The number of carbonyl (C=O) groups excluding carboxylic acids is 1. The first-order valence-electron chi connectivity index (χ1n) is 4.89. The van der Waals surface area contributed by atoms with Crippen LogP contribution in [0, 0.1) is 0 Å². The number of primary amides is 1. The summed E-state index contributed by atoms with van der Waals surface area (Å²) in [6, 6.07) is 0.459. The Labute approximate surface area is 79.3 Å². The maximum Gasteiger partial charge on any atom is 0.231 e. The molecule has 0 aromatic carbocycles. The Bertz CT molecular complexity index is 182. The number of hydrogen-bond donors (Lipinski definition) is 2. The molecule has 4 nitrogen and oxygen atoms in total. The molecule has 1 aliphatic heterocycles. The molecule has 0 radical (unpaired) electrons. The molecule has 0 aliphatic carbocycles. The van der Waals surface area contributed by atoms with Crippen LogP contribution in [0.4, 0.5) is 0 Å². The van der Waals surface area contributed by atoms with E-state index in [2.05, 4.69) is 4.90 Å². The van der Waals surface area contributed by atoms with E-state index in [0.29, 0.717) is 12.6 Å². The van der Waals surface area contributed by atoms with E-state index in [0.717, 1.165) is 19.4 Å². The Morgan fingerprint density at radius 1 is 1.62 bits per heavy atom. The summed E-state index contributed by atoms with van der Waals surface area (Å²) in [4.78, 5) is 12.9. The number of amides is 1. The van der Waals surface area contributed by atoms with Gasteiger partial charge in [0, 0.05) is 12.1 Å². The van der Waals surface area contributed by atoms with Crippen molar-refractivity contribution in [1.82, 2.24) is 4.90 Å². The van der Waals surface area contributed by atoms with Crippen molar-refractivity contribution < 1.29 is 4.79 Å². The lowest BCUT2D eigenvalue weighted by atomic mass is 9.97. The summed E-state index contributed by atoms with van der Waals surface area (Å²) in [5.74, 6) is -0.257. The first kappa shape index (κ1) is 10.5. The van der Waals surface area contributed by atoms with Gasteiger partial charge >= 0.3 is 0 Å². The van der Waals surface area contributed by atoms with Crippen molar-refractivity contribution in [2.75, 3.05) is 13.1 Å². The molecular formula is C9H19N3O. The number of nitrogens with two attached hydrogens (primary N) is 2. The molecule has 1 saturated heterocycles. The lowest BCUT2D eigenvalue weighted by molar-refractivity contribution is -0.120. The molecule has 4 N–H and O–H groups in total. The summed E-state index contributed by atoms with van der Waals surface area (Å²) in [7, 11) is 0. The van der Waals surface area contributed by atoms with E-state index in [-0.39, 0.29) is 11.9 Å². The molecule has 1 aliphatic rings. The normalized spacial score (nSPS) is 27.1. The van der Waals surface area contributed by atoms with Crippen LogP contribution in [0.15, 0.2) is 0 Å². The van der Waals surface area contributed by atoms with Crippen molar-refractivity contribution >= 4 is 5.91 Å². The van der Waals surface area contributed by atoms with Crippen molar-refractivity contribution in [2.45, 2.75) is 38.3 Å². The van der Waals surface area contributed by atoms with Gasteiger partial charge in [0.1, 0.15) is 0 Å². The van der Waals surface area contributed by atoms with Gasteiger partial charge in [0.25, 0.3) is 0 Å². The van der Waals surface area contributed by atoms with Gasteiger partial charge < -0.3 is 11.5 Å². The van der Waals surface area contributed by atoms with E-state index in [9.17, 15) is 4.79 Å². The lowest BCUT2D eigenvalue weighted by Gasteiger charge is -2.37. The Balaban J connectivity index is 2.51. The van der Waals surface area contributed by atoms with E-state index in [1.807, 2.05) is 6.92 Å². The van der Waals surface area contributed by atoms with E-state index in [1.165, 1.54) is 6.42 Å². The van der Waals surface area contributed by atoms with Crippen LogP contribution in [0.1, 0.15) is 26.2 Å². The average molecular weight is 185 g/mol. The maximum absolute atomic E-state index is 10.8. The van der Waals surface area contributed by atoms with Crippen LogP contribution < -0.4 is 11.5 Å². The predicted molar refractivity (Wildman–Crippen MR) is 52.1 cm³/mol. The molecule has 0 aromatic rings. The third-order valence-corrected chi connectivity index (χ3v) is 2.63. The zero-order valence-electron chi connectivity index (χ0n) is 8.20. The van der Waals surface area contributed by atoms with Crippen molar-refractivity contribution in [3.8, 4) is 0 Å². The Hall–Kier alpha value is -0.610. The third kappa shape index (κ3) is 2.97. The van der Waals surface area contributed by atoms with Gasteiger partial charge in [-0.15, -0.1) is 0 Å². The summed E-state index contributed by atoms with van der Waals surface area (Å²) < 4.78 is 0. The third-order valence-electron chi connectivity index (χ3n) is 2.63. The first-order chi connectivity index (χ1) is 6.11. The number of piperidine rings is 1. The van der Waals surface area contributed by atoms with Crippen LogP contribution in [-0.4, -0.2) is 36.0 Å². The van der Waals surface area contributed by atoms with Gasteiger partial charge in [-0.25, -0.2) is 0 Å². The fraction of sp³-hybridized carbons (Fsp3) is 0.889. The molecule has 0 bridgehead atoms. The van der Waals surface area contributed by atoms with Gasteiger partial charge in [-0.3, -0.25) is 9.69 Å². The maximum atomic E-state index is 10.8. The van der Waals surface area contributed by atoms with Gasteiger partial charge in [-0.05, 0) is 26.3 Å². The quantitative estimate of drug-likeness (QED) is 0.632. The molecular weight excluding hydrogens is 166 g/mol. The zero-order chi connectivity index (χ0) is 9.84. The number of hydrogen-bond acceptors (Lipinski definition) is 3. The van der Waals surface area contributed by atoms with Crippen molar-refractivity contribution in [3.63, 3.8) is 0 Å². The standard InChI is InChI=1S/C9H19N3O/c1-7(10)8-4-2-3-5-12(8)6-9(11)13/h7-8H,2-6,10H2,1H3,(H2,11,13).